The summed E-state index contributed by atoms with van der Waals surface area (Å²) in [5.41, 5.74) is 2.03. The van der Waals surface area contributed by atoms with E-state index >= 15 is 0 Å². The van der Waals surface area contributed by atoms with E-state index in [1.807, 2.05) is 24.3 Å². The van der Waals surface area contributed by atoms with E-state index in [0.29, 0.717) is 23.4 Å². The number of fused-ring (bicyclic) bond motifs is 1. The number of Topliss-reactive ketones (excluding diaryl/α,β-unsaturated/α-hetero) is 1. The topological polar surface area (TPSA) is 62.2 Å². The molecule has 1 N–H and O–H groups in total. The monoisotopic (exact) mass is 380 g/mol. The summed E-state index contributed by atoms with van der Waals surface area (Å²) in [7, 11) is 3.72. The van der Waals surface area contributed by atoms with Gasteiger partial charge in [0.05, 0.1) is 18.2 Å². The van der Waals surface area contributed by atoms with Gasteiger partial charge in [0.2, 0.25) is 5.78 Å². The number of piperazine rings is 1. The van der Waals surface area contributed by atoms with Gasteiger partial charge in [-0.2, -0.15) is 0 Å². The molecule has 6 heteroatoms. The van der Waals surface area contributed by atoms with Crippen molar-refractivity contribution in [3.05, 3.63) is 58.8 Å². The van der Waals surface area contributed by atoms with Crippen LogP contribution in [0.3, 0.4) is 0 Å². The molecule has 2 aliphatic heterocycles. The second-order valence-corrected chi connectivity index (χ2v) is 7.23. The Balaban J connectivity index is 1.60. The number of hydrogen-bond acceptors (Lipinski definition) is 6. The molecule has 28 heavy (non-hydrogen) atoms. The zero-order valence-corrected chi connectivity index (χ0v) is 16.1. The number of hydrogen-bond donors (Lipinski definition) is 1. The summed E-state index contributed by atoms with van der Waals surface area (Å²) < 4.78 is 11.1. The fourth-order valence-electron chi connectivity index (χ4n) is 3.53. The second kappa shape index (κ2) is 7.66. The normalized spacial score (nSPS) is 18.9. The zero-order valence-electron chi connectivity index (χ0n) is 16.1. The molecule has 1 fully saturated rings. The average Bonchev–Trinajstić information content (AvgIpc) is 3.02. The van der Waals surface area contributed by atoms with E-state index in [2.05, 4.69) is 16.8 Å². The first kappa shape index (κ1) is 18.5. The van der Waals surface area contributed by atoms with Crippen molar-refractivity contribution in [1.82, 2.24) is 9.80 Å². The Labute approximate surface area is 164 Å². The van der Waals surface area contributed by atoms with E-state index < -0.39 is 0 Å². The Morgan fingerprint density at radius 2 is 1.82 bits per heavy atom. The van der Waals surface area contributed by atoms with Crippen molar-refractivity contribution in [2.45, 2.75) is 6.54 Å². The first-order valence-corrected chi connectivity index (χ1v) is 9.39. The van der Waals surface area contributed by atoms with E-state index in [1.165, 1.54) is 0 Å². The Kier molecular flexibility index (Phi) is 5.07. The molecule has 0 aliphatic carbocycles. The molecule has 4 rings (SSSR count). The summed E-state index contributed by atoms with van der Waals surface area (Å²) in [5, 5.41) is 10.4. The number of ketones is 1. The number of carbonyl (C=O) groups excluding carboxylic acids is 1. The van der Waals surface area contributed by atoms with Gasteiger partial charge in [0.1, 0.15) is 17.2 Å². The molecule has 2 heterocycles. The van der Waals surface area contributed by atoms with Crippen LogP contribution in [0.5, 0.6) is 17.2 Å². The predicted molar refractivity (Wildman–Crippen MR) is 107 cm³/mol. The summed E-state index contributed by atoms with van der Waals surface area (Å²) in [4.78, 5) is 17.4. The summed E-state index contributed by atoms with van der Waals surface area (Å²) in [5.74, 6) is 1.50. The van der Waals surface area contributed by atoms with Gasteiger partial charge in [-0.15, -0.1) is 0 Å². The van der Waals surface area contributed by atoms with Crippen LogP contribution in [0.4, 0.5) is 0 Å². The van der Waals surface area contributed by atoms with Crippen LogP contribution in [-0.4, -0.2) is 61.0 Å². The lowest BCUT2D eigenvalue weighted by molar-refractivity contribution is 0.101. The van der Waals surface area contributed by atoms with E-state index in [1.54, 1.807) is 25.3 Å². The van der Waals surface area contributed by atoms with Crippen LogP contribution in [0.2, 0.25) is 0 Å². The minimum absolute atomic E-state index is 0.162. The molecule has 2 aromatic carbocycles. The highest BCUT2D eigenvalue weighted by Gasteiger charge is 2.32. The lowest BCUT2D eigenvalue weighted by Crippen LogP contribution is -2.43. The quantitative estimate of drug-likeness (QED) is 0.823. The first-order chi connectivity index (χ1) is 13.5. The van der Waals surface area contributed by atoms with Crippen molar-refractivity contribution in [2.75, 3.05) is 40.3 Å². The van der Waals surface area contributed by atoms with Crippen LogP contribution < -0.4 is 9.47 Å². The highest BCUT2D eigenvalue weighted by Crippen LogP contribution is 2.40. The van der Waals surface area contributed by atoms with E-state index in [4.69, 9.17) is 9.47 Å². The van der Waals surface area contributed by atoms with Gasteiger partial charge in [-0.25, -0.2) is 0 Å². The maximum absolute atomic E-state index is 12.8. The zero-order chi connectivity index (χ0) is 19.7. The third kappa shape index (κ3) is 3.61. The molecule has 0 bridgehead atoms. The standard InChI is InChI=1S/C22H24N2O4/c1-23-9-11-24(12-10-23)14-18-19(25)8-7-17-21(26)20(28-22(17)18)13-15-3-5-16(27-2)6-4-15/h3-8,13,25H,9-12,14H2,1-2H3/b20-13-. The third-order valence-corrected chi connectivity index (χ3v) is 5.31. The molecule has 0 saturated carbocycles. The van der Waals surface area contributed by atoms with Crippen molar-refractivity contribution >= 4 is 11.9 Å². The number of rotatable bonds is 4. The smallest absolute Gasteiger partial charge is 0.231 e. The summed E-state index contributed by atoms with van der Waals surface area (Å²) >= 11 is 0. The molecule has 0 unspecified atom stereocenters. The number of likely N-dealkylation sites (N-methyl/N-ethyl adjacent to an activating group) is 1. The molecule has 6 nitrogen and oxygen atoms in total. The van der Waals surface area contributed by atoms with Crippen LogP contribution in [0.15, 0.2) is 42.2 Å². The molecule has 0 aromatic heterocycles. The van der Waals surface area contributed by atoms with E-state index in [0.717, 1.165) is 37.5 Å². The number of nitrogens with zero attached hydrogens (tertiary/aromatic N) is 2. The summed E-state index contributed by atoms with van der Waals surface area (Å²) in [6.07, 6.45) is 1.72. The van der Waals surface area contributed by atoms with Crippen molar-refractivity contribution in [1.29, 1.82) is 0 Å². The maximum atomic E-state index is 12.8. The van der Waals surface area contributed by atoms with Crippen molar-refractivity contribution < 1.29 is 19.4 Å². The van der Waals surface area contributed by atoms with Crippen LogP contribution in [-0.2, 0) is 6.54 Å². The second-order valence-electron chi connectivity index (χ2n) is 7.23. The van der Waals surface area contributed by atoms with Crippen LogP contribution in [0.25, 0.3) is 6.08 Å². The molecule has 2 aromatic rings. The molecule has 1 saturated heterocycles. The number of methoxy groups -OCH3 is 1. The van der Waals surface area contributed by atoms with Gasteiger partial charge in [0, 0.05) is 32.7 Å². The van der Waals surface area contributed by atoms with Crippen LogP contribution in [0, 0.1) is 0 Å². The molecule has 0 radical (unpaired) electrons. The molecular weight excluding hydrogens is 356 g/mol. The minimum Gasteiger partial charge on any atom is -0.507 e. The van der Waals surface area contributed by atoms with Gasteiger partial charge in [0.25, 0.3) is 0 Å². The minimum atomic E-state index is -0.162. The number of allylic oxidation sites excluding steroid dienone is 1. The van der Waals surface area contributed by atoms with Crippen molar-refractivity contribution in [3.63, 3.8) is 0 Å². The van der Waals surface area contributed by atoms with Crippen molar-refractivity contribution in [3.8, 4) is 17.2 Å². The lowest BCUT2D eigenvalue weighted by atomic mass is 10.0. The first-order valence-electron chi connectivity index (χ1n) is 9.39. The molecule has 0 atom stereocenters. The summed E-state index contributed by atoms with van der Waals surface area (Å²) in [6, 6.07) is 10.6. The van der Waals surface area contributed by atoms with Gasteiger partial charge < -0.3 is 19.5 Å². The molecular formula is C22H24N2O4. The third-order valence-electron chi connectivity index (χ3n) is 5.31. The van der Waals surface area contributed by atoms with E-state index in [9.17, 15) is 9.90 Å². The fraction of sp³-hybridized carbons (Fsp3) is 0.318. The largest absolute Gasteiger partial charge is 0.507 e. The number of phenols is 1. The average molecular weight is 380 g/mol. The Hall–Kier alpha value is -2.83. The van der Waals surface area contributed by atoms with Crippen LogP contribution >= 0.6 is 0 Å². The summed E-state index contributed by atoms with van der Waals surface area (Å²) in [6.45, 7) is 4.37. The Bertz CT molecular complexity index is 913. The SMILES string of the molecule is COc1ccc(/C=C2\Oc3c(ccc(O)c3CN3CCN(C)CC3)C2=O)cc1. The molecule has 0 amide bonds. The number of phenolic OH excluding ortho intramolecular Hbond substituents is 1. The van der Waals surface area contributed by atoms with Gasteiger partial charge in [0.15, 0.2) is 5.76 Å². The number of benzene rings is 2. The van der Waals surface area contributed by atoms with Crippen molar-refractivity contribution in [2.24, 2.45) is 0 Å². The van der Waals surface area contributed by atoms with Gasteiger partial charge in [-0.05, 0) is 43.0 Å². The van der Waals surface area contributed by atoms with Gasteiger partial charge in [-0.3, -0.25) is 9.69 Å². The van der Waals surface area contributed by atoms with E-state index in [-0.39, 0.29) is 17.3 Å². The number of ether oxygens (including phenoxy) is 2. The predicted octanol–water partition coefficient (Wildman–Crippen LogP) is 2.76. The van der Waals surface area contributed by atoms with Crippen LogP contribution in [0.1, 0.15) is 21.5 Å². The fourth-order valence-corrected chi connectivity index (χ4v) is 3.53. The highest BCUT2D eigenvalue weighted by molar-refractivity contribution is 6.15. The Morgan fingerprint density at radius 3 is 2.50 bits per heavy atom. The van der Waals surface area contributed by atoms with Gasteiger partial charge in [-0.1, -0.05) is 12.1 Å². The molecule has 0 spiro atoms. The lowest BCUT2D eigenvalue weighted by Gasteiger charge is -2.32. The maximum Gasteiger partial charge on any atom is 0.231 e. The molecule has 2 aliphatic rings. The Morgan fingerprint density at radius 1 is 1.11 bits per heavy atom. The number of carbonyl (C=O) groups is 1. The molecule has 146 valence electrons. The van der Waals surface area contributed by atoms with Gasteiger partial charge >= 0.3 is 0 Å². The highest BCUT2D eigenvalue weighted by atomic mass is 16.5. The number of aromatic hydroxyl groups is 1.